The summed E-state index contributed by atoms with van der Waals surface area (Å²) in [6.07, 6.45) is 6.90. The molecule has 0 saturated carbocycles. The van der Waals surface area contributed by atoms with Crippen LogP contribution in [0.15, 0.2) is 110 Å². The SMILES string of the molecule is C=CCN1CC(=O)N2[C@@H](Cc3ccc(O)cc3)C(=O)N(Cc3cccc4c(C(=O)CCc5cccc(N6CCCC6)n5)cn(C)c34)C[C@@H]2N1C(=O)CCc1ccccc1. The van der Waals surface area contributed by atoms with E-state index in [4.69, 9.17) is 4.98 Å². The number of hydrogen-bond donors (Lipinski definition) is 1. The number of hydrogen-bond acceptors (Lipinski definition) is 8. The van der Waals surface area contributed by atoms with E-state index in [1.807, 2.05) is 84.5 Å². The number of carbonyl (C=O) groups is 4. The molecule has 3 amide bonds. The summed E-state index contributed by atoms with van der Waals surface area (Å²) in [4.78, 5) is 67.5. The monoisotopic (exact) mass is 793 g/mol. The van der Waals surface area contributed by atoms with E-state index in [0.717, 1.165) is 52.2 Å². The van der Waals surface area contributed by atoms with Gasteiger partial charge < -0.3 is 24.4 Å². The maximum Gasteiger partial charge on any atom is 0.246 e. The zero-order chi connectivity index (χ0) is 41.0. The van der Waals surface area contributed by atoms with Gasteiger partial charge in [-0.05, 0) is 66.6 Å². The van der Waals surface area contributed by atoms with Crippen molar-refractivity contribution in [2.24, 2.45) is 7.05 Å². The largest absolute Gasteiger partial charge is 0.508 e. The van der Waals surface area contributed by atoms with Gasteiger partial charge in [-0.2, -0.15) is 0 Å². The number of rotatable bonds is 14. The fraction of sp³-hybridized carbons (Fsp3) is 0.340. The third kappa shape index (κ3) is 8.36. The molecule has 3 aliphatic heterocycles. The molecular formula is C47H51N7O5. The number of para-hydroxylation sites is 1. The van der Waals surface area contributed by atoms with Crippen LogP contribution in [0.4, 0.5) is 5.82 Å². The lowest BCUT2D eigenvalue weighted by Gasteiger charge is -2.55. The topological polar surface area (TPSA) is 123 Å². The van der Waals surface area contributed by atoms with E-state index < -0.39 is 12.2 Å². The summed E-state index contributed by atoms with van der Waals surface area (Å²) < 4.78 is 1.95. The predicted octanol–water partition coefficient (Wildman–Crippen LogP) is 5.68. The molecule has 5 heterocycles. The number of carbonyl (C=O) groups excluding carboxylic acids is 4. The fourth-order valence-corrected chi connectivity index (χ4v) is 8.98. The third-order valence-corrected chi connectivity index (χ3v) is 11.8. The lowest BCUT2D eigenvalue weighted by atomic mass is 9.97. The van der Waals surface area contributed by atoms with Crippen LogP contribution < -0.4 is 4.90 Å². The fourth-order valence-electron chi connectivity index (χ4n) is 8.98. The number of aromatic nitrogens is 2. The smallest absolute Gasteiger partial charge is 0.246 e. The molecule has 59 heavy (non-hydrogen) atoms. The zero-order valence-corrected chi connectivity index (χ0v) is 33.6. The number of hydrazine groups is 1. The van der Waals surface area contributed by atoms with Gasteiger partial charge in [0.25, 0.3) is 0 Å². The second-order valence-corrected chi connectivity index (χ2v) is 15.8. The predicted molar refractivity (Wildman–Crippen MR) is 226 cm³/mol. The number of piperazine rings is 1. The molecule has 12 nitrogen and oxygen atoms in total. The van der Waals surface area contributed by atoms with Crippen LogP contribution in [0, 0.1) is 0 Å². The summed E-state index contributed by atoms with van der Waals surface area (Å²) in [5.74, 6) is 0.459. The van der Waals surface area contributed by atoms with Gasteiger partial charge in [-0.3, -0.25) is 19.2 Å². The Labute approximate surface area is 344 Å². The maximum atomic E-state index is 14.7. The second kappa shape index (κ2) is 17.3. The minimum Gasteiger partial charge on any atom is -0.508 e. The number of phenolic OH excluding ortho intramolecular Hbond substituents is 1. The Bertz CT molecular complexity index is 2350. The van der Waals surface area contributed by atoms with Crippen molar-refractivity contribution in [3.8, 4) is 5.75 Å². The second-order valence-electron chi connectivity index (χ2n) is 15.8. The molecule has 3 saturated heterocycles. The highest BCUT2D eigenvalue weighted by atomic mass is 16.3. The minimum atomic E-state index is -0.900. The van der Waals surface area contributed by atoms with Crippen LogP contribution in [0.2, 0.25) is 0 Å². The Morgan fingerprint density at radius 2 is 1.64 bits per heavy atom. The number of Topliss-reactive ketones (excluding diaryl/α,β-unsaturated/α-hetero) is 1. The summed E-state index contributed by atoms with van der Waals surface area (Å²) in [7, 11) is 1.91. The van der Waals surface area contributed by atoms with E-state index in [0.29, 0.717) is 24.8 Å². The first-order valence-electron chi connectivity index (χ1n) is 20.6. The minimum absolute atomic E-state index is 0.0208. The van der Waals surface area contributed by atoms with E-state index in [-0.39, 0.29) is 68.3 Å². The average molecular weight is 794 g/mol. The molecule has 5 aromatic rings. The van der Waals surface area contributed by atoms with Crippen LogP contribution in [-0.2, 0) is 47.2 Å². The highest BCUT2D eigenvalue weighted by Crippen LogP contribution is 2.32. The zero-order valence-electron chi connectivity index (χ0n) is 33.6. The van der Waals surface area contributed by atoms with Crippen LogP contribution in [0.3, 0.4) is 0 Å². The average Bonchev–Trinajstić information content (AvgIpc) is 3.91. The van der Waals surface area contributed by atoms with E-state index in [2.05, 4.69) is 11.5 Å². The van der Waals surface area contributed by atoms with Crippen LogP contribution in [0.1, 0.15) is 58.4 Å². The van der Waals surface area contributed by atoms with Crippen molar-refractivity contribution >= 4 is 40.2 Å². The molecule has 3 aromatic carbocycles. The van der Waals surface area contributed by atoms with Crippen molar-refractivity contribution in [1.82, 2.24) is 29.4 Å². The Hall–Kier alpha value is -6.27. The molecule has 0 unspecified atom stereocenters. The third-order valence-electron chi connectivity index (χ3n) is 11.8. The number of anilines is 1. The highest BCUT2D eigenvalue weighted by molar-refractivity contribution is 6.08. The lowest BCUT2D eigenvalue weighted by Crippen LogP contribution is -2.75. The maximum absolute atomic E-state index is 14.7. The van der Waals surface area contributed by atoms with Crippen molar-refractivity contribution in [3.63, 3.8) is 0 Å². The summed E-state index contributed by atoms with van der Waals surface area (Å²) in [6, 6.07) is 27.4. The molecule has 3 fully saturated rings. The summed E-state index contributed by atoms with van der Waals surface area (Å²) in [6.45, 7) is 6.43. The number of fused-ring (bicyclic) bond motifs is 2. The van der Waals surface area contributed by atoms with Crippen LogP contribution in [0.25, 0.3) is 10.9 Å². The molecule has 3 aliphatic rings. The number of benzene rings is 3. The number of phenols is 1. The lowest BCUT2D eigenvalue weighted by molar-refractivity contribution is -0.205. The number of aryl methyl sites for hydroxylation is 3. The van der Waals surface area contributed by atoms with Gasteiger partial charge in [0.05, 0.1) is 18.6 Å². The summed E-state index contributed by atoms with van der Waals surface area (Å²) >= 11 is 0. The van der Waals surface area contributed by atoms with Crippen molar-refractivity contribution in [1.29, 1.82) is 0 Å². The molecule has 8 rings (SSSR count). The molecule has 0 radical (unpaired) electrons. The van der Waals surface area contributed by atoms with Crippen LogP contribution in [-0.4, -0.2) is 103 Å². The van der Waals surface area contributed by atoms with Gasteiger partial charge in [0, 0.05) is 75.3 Å². The van der Waals surface area contributed by atoms with Gasteiger partial charge in [-0.25, -0.2) is 15.0 Å². The van der Waals surface area contributed by atoms with Crippen molar-refractivity contribution < 1.29 is 24.3 Å². The molecule has 1 N–H and O–H groups in total. The highest BCUT2D eigenvalue weighted by Gasteiger charge is 2.51. The molecule has 0 spiro atoms. The first-order valence-corrected chi connectivity index (χ1v) is 20.6. The molecule has 12 heteroatoms. The van der Waals surface area contributed by atoms with Gasteiger partial charge >= 0.3 is 0 Å². The van der Waals surface area contributed by atoms with E-state index >= 15 is 0 Å². The van der Waals surface area contributed by atoms with Gasteiger partial charge in [0.1, 0.15) is 23.8 Å². The van der Waals surface area contributed by atoms with Gasteiger partial charge in [-0.15, -0.1) is 6.58 Å². The van der Waals surface area contributed by atoms with E-state index in [9.17, 15) is 24.3 Å². The quantitative estimate of drug-likeness (QED) is 0.113. The van der Waals surface area contributed by atoms with Crippen molar-refractivity contribution in [2.45, 2.75) is 63.7 Å². The summed E-state index contributed by atoms with van der Waals surface area (Å²) in [5, 5.41) is 14.2. The number of aromatic hydroxyl groups is 1. The summed E-state index contributed by atoms with van der Waals surface area (Å²) in [5.41, 5.74) is 5.01. The molecular weight excluding hydrogens is 743 g/mol. The molecule has 0 bridgehead atoms. The Morgan fingerprint density at radius 3 is 2.41 bits per heavy atom. The number of ketones is 1. The van der Waals surface area contributed by atoms with Gasteiger partial charge in [-0.1, -0.05) is 72.8 Å². The van der Waals surface area contributed by atoms with Crippen molar-refractivity contribution in [3.05, 3.63) is 138 Å². The Kier molecular flexibility index (Phi) is 11.6. The Morgan fingerprint density at radius 1 is 0.881 bits per heavy atom. The molecule has 2 atom stereocenters. The van der Waals surface area contributed by atoms with Crippen molar-refractivity contribution in [2.75, 3.05) is 37.6 Å². The van der Waals surface area contributed by atoms with Crippen LogP contribution in [0.5, 0.6) is 5.75 Å². The standard InChI is InChI=1S/C47H51N7O5/c1-3-25-52-32-45(58)53-40(28-34-17-21-37(55)22-18-34)47(59)51(31-43(53)54(52)44(57)24-19-33-11-5-4-6-12-33)29-35-13-9-15-38-39(30-49(2)46(35)38)41(56)23-20-36-14-10-16-42(48-36)50-26-7-8-27-50/h3-6,9-18,21-22,30,40,43,55H,1,7-8,19-20,23-29,31-32H2,2H3/t40-,43-/m0/s1. The first kappa shape index (κ1) is 39.6. The number of nitrogens with zero attached hydrogens (tertiary/aromatic N) is 7. The first-order chi connectivity index (χ1) is 28.7. The number of amides is 3. The van der Waals surface area contributed by atoms with Gasteiger partial charge in [0.2, 0.25) is 17.7 Å². The van der Waals surface area contributed by atoms with E-state index in [1.54, 1.807) is 50.2 Å². The molecule has 2 aromatic heterocycles. The Balaban J connectivity index is 1.08. The number of pyridine rings is 1. The van der Waals surface area contributed by atoms with E-state index in [1.165, 1.54) is 12.8 Å². The molecule has 304 valence electrons. The normalized spacial score (nSPS) is 18.5. The van der Waals surface area contributed by atoms with Gasteiger partial charge in [0.15, 0.2) is 5.78 Å². The molecule has 0 aliphatic carbocycles. The van der Waals surface area contributed by atoms with Crippen LogP contribution >= 0.6 is 0 Å².